The molecular formula is C12H17N3O3S. The number of urea groups is 1. The maximum atomic E-state index is 11.6. The van der Waals surface area contributed by atoms with E-state index in [0.717, 1.165) is 6.42 Å². The van der Waals surface area contributed by atoms with E-state index in [4.69, 9.17) is 5.11 Å². The van der Waals surface area contributed by atoms with Crippen molar-refractivity contribution in [2.45, 2.75) is 32.7 Å². The molecule has 1 heterocycles. The summed E-state index contributed by atoms with van der Waals surface area (Å²) in [6, 6.07) is -0.230. The van der Waals surface area contributed by atoms with Gasteiger partial charge >= 0.3 is 12.0 Å². The molecule has 3 N–H and O–H groups in total. The predicted octanol–water partition coefficient (Wildman–Crippen LogP) is 1.83. The molecule has 0 atom stereocenters. The molecule has 0 bridgehead atoms. The average molecular weight is 283 g/mol. The van der Waals surface area contributed by atoms with Gasteiger partial charge in [0.05, 0.1) is 6.54 Å². The van der Waals surface area contributed by atoms with E-state index < -0.39 is 5.97 Å². The molecule has 1 aromatic rings. The Morgan fingerprint density at radius 2 is 2.21 bits per heavy atom. The summed E-state index contributed by atoms with van der Waals surface area (Å²) < 4.78 is 0. The van der Waals surface area contributed by atoms with Crippen LogP contribution in [-0.4, -0.2) is 28.6 Å². The van der Waals surface area contributed by atoms with Gasteiger partial charge in [-0.1, -0.05) is 6.92 Å². The van der Waals surface area contributed by atoms with Crippen molar-refractivity contribution in [2.24, 2.45) is 5.41 Å². The first-order valence-electron chi connectivity index (χ1n) is 6.24. The van der Waals surface area contributed by atoms with Crippen LogP contribution >= 0.6 is 11.3 Å². The number of hydrogen-bond donors (Lipinski definition) is 3. The molecule has 2 amide bonds. The van der Waals surface area contributed by atoms with Crippen molar-refractivity contribution in [1.82, 2.24) is 15.6 Å². The third kappa shape index (κ3) is 3.66. The zero-order chi connectivity index (χ0) is 13.9. The summed E-state index contributed by atoms with van der Waals surface area (Å²) in [5.74, 6) is -1.05. The number of carboxylic acid groups (broad SMARTS) is 1. The van der Waals surface area contributed by atoms with Gasteiger partial charge in [-0.05, 0) is 24.7 Å². The summed E-state index contributed by atoms with van der Waals surface area (Å²) in [5.41, 5.74) is 0.333. The van der Waals surface area contributed by atoms with Crippen LogP contribution in [0.3, 0.4) is 0 Å². The smallest absolute Gasteiger partial charge is 0.355 e. The number of amides is 2. The molecule has 1 aromatic heterocycles. The van der Waals surface area contributed by atoms with Gasteiger partial charge in [0, 0.05) is 11.9 Å². The number of aromatic carboxylic acids is 1. The number of carboxylic acids is 1. The van der Waals surface area contributed by atoms with Gasteiger partial charge in [0.1, 0.15) is 5.01 Å². The molecule has 0 radical (unpaired) electrons. The molecule has 0 aromatic carbocycles. The second-order valence-corrected chi connectivity index (χ2v) is 5.76. The lowest BCUT2D eigenvalue weighted by atomic mass is 10.0. The predicted molar refractivity (Wildman–Crippen MR) is 71.3 cm³/mol. The molecule has 7 heteroatoms. The Kier molecular flexibility index (Phi) is 4.04. The third-order valence-corrected chi connectivity index (χ3v) is 4.35. The Bertz CT molecular complexity index is 482. The molecule has 1 aliphatic rings. The Hall–Kier alpha value is -1.63. The van der Waals surface area contributed by atoms with Crippen molar-refractivity contribution in [3.63, 3.8) is 0 Å². The van der Waals surface area contributed by atoms with E-state index in [1.165, 1.54) is 29.6 Å². The van der Waals surface area contributed by atoms with Crippen molar-refractivity contribution in [1.29, 1.82) is 0 Å². The molecule has 1 aliphatic carbocycles. The normalized spacial score (nSPS) is 15.8. The monoisotopic (exact) mass is 283 g/mol. The largest absolute Gasteiger partial charge is 0.476 e. The Labute approximate surface area is 115 Å². The number of nitrogens with one attached hydrogen (secondary N) is 2. The molecule has 104 valence electrons. The highest BCUT2D eigenvalue weighted by Gasteiger charge is 2.40. The minimum atomic E-state index is -1.05. The lowest BCUT2D eigenvalue weighted by Gasteiger charge is -2.13. The van der Waals surface area contributed by atoms with Crippen molar-refractivity contribution in [3.8, 4) is 0 Å². The van der Waals surface area contributed by atoms with Crippen LogP contribution in [0.4, 0.5) is 4.79 Å². The highest BCUT2D eigenvalue weighted by molar-refractivity contribution is 7.09. The van der Waals surface area contributed by atoms with Crippen molar-refractivity contribution in [3.05, 3.63) is 16.1 Å². The SMILES string of the molecule is CCC1(CNC(=O)NCc2nc(C(=O)O)cs2)CC1. The van der Waals surface area contributed by atoms with Crippen molar-refractivity contribution < 1.29 is 14.7 Å². The van der Waals surface area contributed by atoms with Gasteiger partial charge in [-0.15, -0.1) is 11.3 Å². The fraction of sp³-hybridized carbons (Fsp3) is 0.583. The highest BCUT2D eigenvalue weighted by Crippen LogP contribution is 2.47. The molecule has 1 fully saturated rings. The molecule has 0 unspecified atom stereocenters. The van der Waals surface area contributed by atoms with E-state index in [1.807, 2.05) is 0 Å². The quantitative estimate of drug-likeness (QED) is 0.742. The zero-order valence-electron chi connectivity index (χ0n) is 10.7. The van der Waals surface area contributed by atoms with E-state index in [2.05, 4.69) is 22.5 Å². The number of rotatable bonds is 6. The van der Waals surface area contributed by atoms with Crippen LogP contribution in [0, 0.1) is 5.41 Å². The summed E-state index contributed by atoms with van der Waals surface area (Å²) in [6.45, 7) is 3.09. The van der Waals surface area contributed by atoms with Gasteiger partial charge in [-0.25, -0.2) is 14.6 Å². The molecule has 1 saturated carbocycles. The van der Waals surface area contributed by atoms with Crippen molar-refractivity contribution >= 4 is 23.3 Å². The first-order chi connectivity index (χ1) is 9.04. The van der Waals surface area contributed by atoms with E-state index in [9.17, 15) is 9.59 Å². The fourth-order valence-corrected chi connectivity index (χ4v) is 2.52. The van der Waals surface area contributed by atoms with Gasteiger partial charge in [0.15, 0.2) is 5.69 Å². The number of thiazole rings is 1. The number of carbonyl (C=O) groups is 2. The molecule has 0 saturated heterocycles. The molecule has 19 heavy (non-hydrogen) atoms. The van der Waals surface area contributed by atoms with E-state index in [-0.39, 0.29) is 18.3 Å². The average Bonchev–Trinajstić information content (AvgIpc) is 3.02. The maximum Gasteiger partial charge on any atom is 0.355 e. The molecule has 0 aliphatic heterocycles. The van der Waals surface area contributed by atoms with Gasteiger partial charge in [-0.3, -0.25) is 0 Å². The Balaban J connectivity index is 1.72. The topological polar surface area (TPSA) is 91.3 Å². The summed E-state index contributed by atoms with van der Waals surface area (Å²) in [5, 5.41) is 16.3. The van der Waals surface area contributed by atoms with E-state index in [0.29, 0.717) is 17.0 Å². The van der Waals surface area contributed by atoms with Gasteiger partial charge in [-0.2, -0.15) is 0 Å². The maximum absolute atomic E-state index is 11.6. The van der Waals surface area contributed by atoms with Crippen LogP contribution in [-0.2, 0) is 6.54 Å². The fourth-order valence-electron chi connectivity index (χ4n) is 1.81. The third-order valence-electron chi connectivity index (χ3n) is 3.50. The van der Waals surface area contributed by atoms with Crippen LogP contribution in [0.15, 0.2) is 5.38 Å². The number of aromatic nitrogens is 1. The van der Waals surface area contributed by atoms with Crippen LogP contribution in [0.1, 0.15) is 41.7 Å². The number of nitrogens with zero attached hydrogens (tertiary/aromatic N) is 1. The minimum absolute atomic E-state index is 0.0186. The number of carbonyl (C=O) groups excluding carboxylic acids is 1. The summed E-state index contributed by atoms with van der Waals surface area (Å²) in [6.07, 6.45) is 3.44. The summed E-state index contributed by atoms with van der Waals surface area (Å²) in [7, 11) is 0. The second-order valence-electron chi connectivity index (χ2n) is 4.82. The van der Waals surface area contributed by atoms with Gasteiger partial charge < -0.3 is 15.7 Å². The molecule has 2 rings (SSSR count). The second kappa shape index (κ2) is 5.56. The lowest BCUT2D eigenvalue weighted by Crippen LogP contribution is -2.38. The summed E-state index contributed by atoms with van der Waals surface area (Å²) >= 11 is 1.23. The van der Waals surface area contributed by atoms with E-state index in [1.54, 1.807) is 0 Å². The van der Waals surface area contributed by atoms with E-state index >= 15 is 0 Å². The Morgan fingerprint density at radius 1 is 1.47 bits per heavy atom. The van der Waals surface area contributed by atoms with Crippen LogP contribution < -0.4 is 10.6 Å². The van der Waals surface area contributed by atoms with Crippen molar-refractivity contribution in [2.75, 3.05) is 6.54 Å². The summed E-state index contributed by atoms with van der Waals surface area (Å²) in [4.78, 5) is 26.1. The molecular weight excluding hydrogens is 266 g/mol. The van der Waals surface area contributed by atoms with Gasteiger partial charge in [0.2, 0.25) is 0 Å². The molecule has 0 spiro atoms. The first-order valence-corrected chi connectivity index (χ1v) is 7.12. The van der Waals surface area contributed by atoms with Gasteiger partial charge in [0.25, 0.3) is 0 Å². The lowest BCUT2D eigenvalue weighted by molar-refractivity contribution is 0.0691. The van der Waals surface area contributed by atoms with Crippen LogP contribution in [0.5, 0.6) is 0 Å². The molecule has 6 nitrogen and oxygen atoms in total. The highest BCUT2D eigenvalue weighted by atomic mass is 32.1. The Morgan fingerprint density at radius 3 is 2.74 bits per heavy atom. The van der Waals surface area contributed by atoms with Crippen LogP contribution in [0.2, 0.25) is 0 Å². The minimum Gasteiger partial charge on any atom is -0.476 e. The number of hydrogen-bond acceptors (Lipinski definition) is 4. The first kappa shape index (κ1) is 13.8. The standard InChI is InChI=1S/C12H17N3O3S/c1-2-12(3-4-12)7-14-11(18)13-5-9-15-8(6-19-9)10(16)17/h6H,2-5,7H2,1H3,(H,16,17)(H2,13,14,18). The van der Waals surface area contributed by atoms with Crippen LogP contribution in [0.25, 0.3) is 0 Å². The zero-order valence-corrected chi connectivity index (χ0v) is 11.5.